The molecule has 0 bridgehead atoms. The summed E-state index contributed by atoms with van der Waals surface area (Å²) in [5.74, 6) is 1.07. The Morgan fingerprint density at radius 1 is 1.32 bits per heavy atom. The minimum absolute atomic E-state index is 0.448. The van der Waals surface area contributed by atoms with E-state index < -0.39 is 10.0 Å². The molecule has 1 saturated carbocycles. The number of rotatable bonds is 4. The number of nitrogens with zero attached hydrogens (tertiary/aromatic N) is 3. The van der Waals surface area contributed by atoms with Crippen molar-refractivity contribution in [3.8, 4) is 0 Å². The molecule has 1 saturated heterocycles. The number of hydrogen-bond donors (Lipinski definition) is 1. The average molecular weight is 288 g/mol. The van der Waals surface area contributed by atoms with Gasteiger partial charge in [-0.15, -0.1) is 0 Å². The Morgan fingerprint density at radius 3 is 2.37 bits per heavy atom. The van der Waals surface area contributed by atoms with Crippen LogP contribution < -0.4 is 5.73 Å². The van der Waals surface area contributed by atoms with Crippen molar-refractivity contribution in [2.24, 2.45) is 16.6 Å². The van der Waals surface area contributed by atoms with E-state index in [9.17, 15) is 8.42 Å². The molecule has 1 heterocycles. The summed E-state index contributed by atoms with van der Waals surface area (Å²) in [7, 11) is -1.04. The molecule has 2 N–H and O–H groups in total. The van der Waals surface area contributed by atoms with E-state index in [-0.39, 0.29) is 0 Å². The van der Waals surface area contributed by atoms with Gasteiger partial charge in [0.15, 0.2) is 5.96 Å². The van der Waals surface area contributed by atoms with Gasteiger partial charge in [-0.1, -0.05) is 0 Å². The van der Waals surface area contributed by atoms with Crippen LogP contribution in [0.15, 0.2) is 4.99 Å². The standard InChI is InChI=1S/C12H24N4O2S/c1-15(11-3-4-11)12(13)14-9-10-5-7-16(8-6-10)19(2,17)18/h10-11H,3-9H2,1-2H3,(H2,13,14). The number of sulfonamides is 1. The van der Waals surface area contributed by atoms with Gasteiger partial charge in [-0.3, -0.25) is 4.99 Å². The van der Waals surface area contributed by atoms with Crippen molar-refractivity contribution in [1.29, 1.82) is 0 Å². The van der Waals surface area contributed by atoms with Gasteiger partial charge in [0.25, 0.3) is 0 Å². The quantitative estimate of drug-likeness (QED) is 0.586. The van der Waals surface area contributed by atoms with Crippen molar-refractivity contribution >= 4 is 16.0 Å². The van der Waals surface area contributed by atoms with Crippen LogP contribution in [0.5, 0.6) is 0 Å². The van der Waals surface area contributed by atoms with Gasteiger partial charge in [-0.05, 0) is 31.6 Å². The van der Waals surface area contributed by atoms with Gasteiger partial charge >= 0.3 is 0 Å². The second-order valence-electron chi connectivity index (χ2n) is 5.65. The maximum atomic E-state index is 11.4. The maximum Gasteiger partial charge on any atom is 0.211 e. The Balaban J connectivity index is 1.78. The van der Waals surface area contributed by atoms with Crippen molar-refractivity contribution in [2.75, 3.05) is 32.9 Å². The molecule has 1 aliphatic heterocycles. The molecule has 110 valence electrons. The molecule has 2 fully saturated rings. The molecule has 0 spiro atoms. The van der Waals surface area contributed by atoms with Crippen LogP contribution in [0.1, 0.15) is 25.7 Å². The minimum Gasteiger partial charge on any atom is -0.370 e. The van der Waals surface area contributed by atoms with Crippen LogP contribution in [0.2, 0.25) is 0 Å². The molecule has 0 amide bonds. The zero-order valence-electron chi connectivity index (χ0n) is 11.7. The van der Waals surface area contributed by atoms with Crippen molar-refractivity contribution in [3.05, 3.63) is 0 Å². The van der Waals surface area contributed by atoms with Gasteiger partial charge in [0.2, 0.25) is 10.0 Å². The highest BCUT2D eigenvalue weighted by atomic mass is 32.2. The van der Waals surface area contributed by atoms with E-state index in [1.165, 1.54) is 19.1 Å². The molecule has 0 unspecified atom stereocenters. The normalized spacial score (nSPS) is 23.6. The number of hydrogen-bond acceptors (Lipinski definition) is 3. The molecule has 2 rings (SSSR count). The maximum absolute atomic E-state index is 11.4. The lowest BCUT2D eigenvalue weighted by Crippen LogP contribution is -2.39. The Morgan fingerprint density at radius 2 is 1.89 bits per heavy atom. The first-order valence-electron chi connectivity index (χ1n) is 6.86. The van der Waals surface area contributed by atoms with Gasteiger partial charge in [0, 0.05) is 32.7 Å². The summed E-state index contributed by atoms with van der Waals surface area (Å²) in [4.78, 5) is 6.50. The number of guanidine groups is 1. The van der Waals surface area contributed by atoms with Gasteiger partial charge in [0.1, 0.15) is 0 Å². The summed E-state index contributed by atoms with van der Waals surface area (Å²) in [6, 6.07) is 0.579. The third kappa shape index (κ3) is 4.07. The summed E-state index contributed by atoms with van der Waals surface area (Å²) in [6.07, 6.45) is 5.43. The molecular weight excluding hydrogens is 264 g/mol. The lowest BCUT2D eigenvalue weighted by Gasteiger charge is -2.29. The molecule has 0 atom stereocenters. The van der Waals surface area contributed by atoms with Crippen LogP contribution >= 0.6 is 0 Å². The molecule has 19 heavy (non-hydrogen) atoms. The van der Waals surface area contributed by atoms with Crippen molar-refractivity contribution < 1.29 is 8.42 Å². The smallest absolute Gasteiger partial charge is 0.211 e. The van der Waals surface area contributed by atoms with Crippen LogP contribution in [0, 0.1) is 5.92 Å². The second kappa shape index (κ2) is 5.66. The predicted molar refractivity (Wildman–Crippen MR) is 76.4 cm³/mol. The predicted octanol–water partition coefficient (Wildman–Crippen LogP) is 0.0669. The zero-order chi connectivity index (χ0) is 14.0. The zero-order valence-corrected chi connectivity index (χ0v) is 12.6. The van der Waals surface area contributed by atoms with E-state index in [2.05, 4.69) is 4.99 Å². The average Bonchev–Trinajstić information content (AvgIpc) is 3.18. The Labute approximate surface area is 115 Å². The lowest BCUT2D eigenvalue weighted by atomic mass is 9.98. The first-order chi connectivity index (χ1) is 8.88. The van der Waals surface area contributed by atoms with E-state index >= 15 is 0 Å². The van der Waals surface area contributed by atoms with Crippen LogP contribution in [-0.2, 0) is 10.0 Å². The van der Waals surface area contributed by atoms with Gasteiger partial charge in [-0.2, -0.15) is 0 Å². The summed E-state index contributed by atoms with van der Waals surface area (Å²) in [5, 5.41) is 0. The Bertz CT molecular complexity index is 437. The van der Waals surface area contributed by atoms with Gasteiger partial charge in [0.05, 0.1) is 6.26 Å². The highest BCUT2D eigenvalue weighted by Crippen LogP contribution is 2.25. The molecule has 0 radical (unpaired) electrons. The van der Waals surface area contributed by atoms with E-state index in [0.29, 0.717) is 37.6 Å². The number of aliphatic imine (C=N–C) groups is 1. The van der Waals surface area contributed by atoms with E-state index in [4.69, 9.17) is 5.73 Å². The third-order valence-corrected chi connectivity index (χ3v) is 5.31. The van der Waals surface area contributed by atoms with Crippen LogP contribution in [0.3, 0.4) is 0 Å². The topological polar surface area (TPSA) is 79.0 Å². The second-order valence-corrected chi connectivity index (χ2v) is 7.63. The summed E-state index contributed by atoms with van der Waals surface area (Å²) in [6.45, 7) is 1.93. The molecular formula is C12H24N4O2S. The molecule has 7 heteroatoms. The third-order valence-electron chi connectivity index (χ3n) is 4.01. The van der Waals surface area contributed by atoms with Crippen LogP contribution in [0.25, 0.3) is 0 Å². The molecule has 1 aliphatic carbocycles. The Kier molecular flexibility index (Phi) is 4.35. The molecule has 6 nitrogen and oxygen atoms in total. The highest BCUT2D eigenvalue weighted by molar-refractivity contribution is 7.88. The van der Waals surface area contributed by atoms with Crippen LogP contribution in [-0.4, -0.2) is 62.6 Å². The lowest BCUT2D eigenvalue weighted by molar-refractivity contribution is 0.279. The monoisotopic (exact) mass is 288 g/mol. The number of piperidine rings is 1. The summed E-state index contributed by atoms with van der Waals surface area (Å²) < 4.78 is 24.4. The molecule has 0 aromatic carbocycles. The first-order valence-corrected chi connectivity index (χ1v) is 8.70. The molecule has 0 aromatic heterocycles. The van der Waals surface area contributed by atoms with E-state index in [1.54, 1.807) is 4.31 Å². The SMILES string of the molecule is CN(C(N)=NCC1CCN(S(C)(=O)=O)CC1)C1CC1. The first kappa shape index (κ1) is 14.6. The number of nitrogens with two attached hydrogens (primary N) is 1. The van der Waals surface area contributed by atoms with Gasteiger partial charge < -0.3 is 10.6 Å². The van der Waals surface area contributed by atoms with E-state index in [1.807, 2.05) is 11.9 Å². The van der Waals surface area contributed by atoms with Crippen molar-refractivity contribution in [1.82, 2.24) is 9.21 Å². The van der Waals surface area contributed by atoms with Crippen molar-refractivity contribution in [3.63, 3.8) is 0 Å². The fourth-order valence-corrected chi connectivity index (χ4v) is 3.28. The molecule has 0 aromatic rings. The van der Waals surface area contributed by atoms with E-state index in [0.717, 1.165) is 12.8 Å². The van der Waals surface area contributed by atoms with Crippen molar-refractivity contribution in [2.45, 2.75) is 31.7 Å². The summed E-state index contributed by atoms with van der Waals surface area (Å²) >= 11 is 0. The largest absolute Gasteiger partial charge is 0.370 e. The van der Waals surface area contributed by atoms with Crippen LogP contribution in [0.4, 0.5) is 0 Å². The summed E-state index contributed by atoms with van der Waals surface area (Å²) in [5.41, 5.74) is 5.94. The van der Waals surface area contributed by atoms with Gasteiger partial charge in [-0.25, -0.2) is 12.7 Å². The Hall–Kier alpha value is -0.820. The fourth-order valence-electron chi connectivity index (χ4n) is 2.41. The highest BCUT2D eigenvalue weighted by Gasteiger charge is 2.28. The fraction of sp³-hybridized carbons (Fsp3) is 0.917. The molecule has 2 aliphatic rings. The minimum atomic E-state index is -3.03.